The van der Waals surface area contributed by atoms with Crippen molar-refractivity contribution in [2.45, 2.75) is 0 Å². The summed E-state index contributed by atoms with van der Waals surface area (Å²) in [7, 11) is 0. The van der Waals surface area contributed by atoms with Crippen LogP contribution in [0, 0.1) is 0 Å². The molecule has 41 heavy (non-hydrogen) atoms. The molecule has 0 unspecified atom stereocenters. The van der Waals surface area contributed by atoms with Crippen LogP contribution in [0.1, 0.15) is 0 Å². The van der Waals surface area contributed by atoms with Crippen LogP contribution >= 0.6 is 0 Å². The molecule has 6 aromatic carbocycles. The van der Waals surface area contributed by atoms with Gasteiger partial charge in [-0.05, 0) is 71.8 Å². The van der Waals surface area contributed by atoms with Crippen LogP contribution in [0.5, 0.6) is 0 Å². The predicted octanol–water partition coefficient (Wildman–Crippen LogP) is 10.5. The number of hydrogen-bond acceptors (Lipinski definition) is 4. The Morgan fingerprint density at radius 2 is 1.10 bits per heavy atom. The minimum Gasteiger partial charge on any atom is -0.456 e. The van der Waals surface area contributed by atoms with E-state index in [4.69, 9.17) is 13.8 Å². The summed E-state index contributed by atoms with van der Waals surface area (Å²) in [6.07, 6.45) is 0. The third-order valence-corrected chi connectivity index (χ3v) is 7.49. The molecule has 0 atom stereocenters. The number of rotatable bonds is 5. The average Bonchev–Trinajstić information content (AvgIpc) is 3.65. The molecule has 0 aliphatic rings. The fourth-order valence-electron chi connectivity index (χ4n) is 5.66. The molecular weight excluding hydrogens is 504 g/mol. The van der Waals surface area contributed by atoms with Crippen LogP contribution in [0.25, 0.3) is 55.6 Å². The van der Waals surface area contributed by atoms with E-state index >= 15 is 0 Å². The summed E-state index contributed by atoms with van der Waals surface area (Å²) in [5, 5.41) is 1.99. The minimum absolute atomic E-state index is 0.576. The van der Waals surface area contributed by atoms with Gasteiger partial charge in [-0.3, -0.25) is 0 Å². The third-order valence-electron chi connectivity index (χ3n) is 7.49. The molecular formula is C37H24N2O2. The zero-order valence-electron chi connectivity index (χ0n) is 22.1. The molecule has 0 saturated carbocycles. The number of fused-ring (bicyclic) bond motifs is 4. The maximum absolute atomic E-state index is 6.45. The largest absolute Gasteiger partial charge is 0.456 e. The Morgan fingerprint density at radius 3 is 1.93 bits per heavy atom. The first-order chi connectivity index (χ1) is 20.3. The summed E-state index contributed by atoms with van der Waals surface area (Å²) in [6.45, 7) is 0. The van der Waals surface area contributed by atoms with E-state index in [1.807, 2.05) is 54.6 Å². The van der Waals surface area contributed by atoms with Gasteiger partial charge < -0.3 is 13.7 Å². The monoisotopic (exact) mass is 528 g/mol. The van der Waals surface area contributed by atoms with Crippen molar-refractivity contribution < 1.29 is 8.83 Å². The van der Waals surface area contributed by atoms with Crippen molar-refractivity contribution in [3.05, 3.63) is 146 Å². The molecule has 4 nitrogen and oxygen atoms in total. The van der Waals surface area contributed by atoms with Gasteiger partial charge in [-0.25, -0.2) is 4.98 Å². The third kappa shape index (κ3) is 3.97. The van der Waals surface area contributed by atoms with Gasteiger partial charge in [0.15, 0.2) is 5.58 Å². The van der Waals surface area contributed by atoms with Gasteiger partial charge in [0, 0.05) is 22.3 Å². The SMILES string of the molecule is c1ccc(-c2cccc(N(c3ccccc3)c3cccc4oc5cccc(-c6nc7ccccc7o6)c5c34)c2)cc1. The van der Waals surface area contributed by atoms with Gasteiger partial charge in [0.2, 0.25) is 5.89 Å². The van der Waals surface area contributed by atoms with Gasteiger partial charge >= 0.3 is 0 Å². The molecule has 8 aromatic rings. The van der Waals surface area contributed by atoms with E-state index in [9.17, 15) is 0 Å². The lowest BCUT2D eigenvalue weighted by molar-refractivity contribution is 0.620. The maximum Gasteiger partial charge on any atom is 0.228 e. The number of oxazole rings is 1. The normalized spacial score (nSPS) is 11.4. The fraction of sp³-hybridized carbons (Fsp3) is 0. The van der Waals surface area contributed by atoms with Gasteiger partial charge in [0.1, 0.15) is 16.7 Å². The van der Waals surface area contributed by atoms with Crippen LogP contribution in [0.3, 0.4) is 0 Å². The highest BCUT2D eigenvalue weighted by Gasteiger charge is 2.23. The minimum atomic E-state index is 0.576. The smallest absolute Gasteiger partial charge is 0.228 e. The van der Waals surface area contributed by atoms with Crippen LogP contribution in [0.4, 0.5) is 17.1 Å². The first-order valence-electron chi connectivity index (χ1n) is 13.6. The van der Waals surface area contributed by atoms with E-state index in [-0.39, 0.29) is 0 Å². The molecule has 0 fully saturated rings. The Hall–Kier alpha value is -5.61. The maximum atomic E-state index is 6.45. The first-order valence-corrected chi connectivity index (χ1v) is 13.6. The van der Waals surface area contributed by atoms with E-state index in [0.717, 1.165) is 61.2 Å². The molecule has 2 aromatic heterocycles. The van der Waals surface area contributed by atoms with Crippen LogP contribution < -0.4 is 4.90 Å². The Balaban J connectivity index is 1.40. The van der Waals surface area contributed by atoms with E-state index in [1.54, 1.807) is 0 Å². The van der Waals surface area contributed by atoms with Crippen LogP contribution in [-0.2, 0) is 0 Å². The molecule has 194 valence electrons. The average molecular weight is 529 g/mol. The Morgan fingerprint density at radius 1 is 0.463 bits per heavy atom. The van der Waals surface area contributed by atoms with Crippen molar-refractivity contribution in [2.75, 3.05) is 4.90 Å². The number of benzene rings is 6. The van der Waals surface area contributed by atoms with Crippen molar-refractivity contribution >= 4 is 50.1 Å². The quantitative estimate of drug-likeness (QED) is 0.223. The molecule has 4 heteroatoms. The molecule has 0 saturated heterocycles. The number of furan rings is 1. The van der Waals surface area contributed by atoms with Crippen molar-refractivity contribution in [1.82, 2.24) is 4.98 Å². The highest BCUT2D eigenvalue weighted by molar-refractivity contribution is 6.18. The molecule has 0 N–H and O–H groups in total. The van der Waals surface area contributed by atoms with Crippen LogP contribution in [0.15, 0.2) is 154 Å². The Kier molecular flexibility index (Phi) is 5.42. The summed E-state index contributed by atoms with van der Waals surface area (Å²) < 4.78 is 12.7. The molecule has 0 radical (unpaired) electrons. The molecule has 0 aliphatic heterocycles. The van der Waals surface area contributed by atoms with E-state index in [2.05, 4.69) is 95.9 Å². The van der Waals surface area contributed by atoms with Crippen molar-refractivity contribution in [1.29, 1.82) is 0 Å². The molecule has 0 amide bonds. The van der Waals surface area contributed by atoms with Gasteiger partial charge in [-0.1, -0.05) is 84.9 Å². The summed E-state index contributed by atoms with van der Waals surface area (Å²) in [6, 6.07) is 49.7. The standard InChI is InChI=1S/C37H24N2O2/c1-3-12-25(13-4-1)26-14-9-17-28(24-26)39(27-15-5-2-6-16-27)31-20-11-23-34-36(31)35-29(18-10-22-33(35)40-34)37-38-30-19-7-8-21-32(30)41-37/h1-24H. The number of para-hydroxylation sites is 3. The van der Waals surface area contributed by atoms with E-state index < -0.39 is 0 Å². The number of aromatic nitrogens is 1. The predicted molar refractivity (Wildman–Crippen MR) is 167 cm³/mol. The Bertz CT molecular complexity index is 2130. The van der Waals surface area contributed by atoms with Crippen LogP contribution in [-0.4, -0.2) is 4.98 Å². The molecule has 8 rings (SSSR count). The highest BCUT2D eigenvalue weighted by atomic mass is 16.3. The summed E-state index contributed by atoms with van der Waals surface area (Å²) in [5.41, 5.74) is 9.54. The number of nitrogens with zero attached hydrogens (tertiary/aromatic N) is 2. The second-order valence-electron chi connectivity index (χ2n) is 10.0. The summed E-state index contributed by atoms with van der Waals surface area (Å²) in [5.74, 6) is 0.576. The van der Waals surface area contributed by atoms with Gasteiger partial charge in [-0.2, -0.15) is 0 Å². The topological polar surface area (TPSA) is 42.4 Å². The zero-order chi connectivity index (χ0) is 27.2. The van der Waals surface area contributed by atoms with Gasteiger partial charge in [0.05, 0.1) is 11.1 Å². The number of anilines is 3. The van der Waals surface area contributed by atoms with Crippen molar-refractivity contribution in [2.24, 2.45) is 0 Å². The van der Waals surface area contributed by atoms with Gasteiger partial charge in [0.25, 0.3) is 0 Å². The summed E-state index contributed by atoms with van der Waals surface area (Å²) >= 11 is 0. The molecule has 2 heterocycles. The van der Waals surface area contributed by atoms with E-state index in [1.165, 1.54) is 5.56 Å². The lowest BCUT2D eigenvalue weighted by atomic mass is 10.0. The molecule has 0 bridgehead atoms. The first kappa shape index (κ1) is 23.3. The van der Waals surface area contributed by atoms with Crippen LogP contribution in [0.2, 0.25) is 0 Å². The lowest BCUT2D eigenvalue weighted by Crippen LogP contribution is -2.10. The second-order valence-corrected chi connectivity index (χ2v) is 10.0. The molecule has 0 spiro atoms. The molecule has 0 aliphatic carbocycles. The number of hydrogen-bond donors (Lipinski definition) is 0. The van der Waals surface area contributed by atoms with Crippen molar-refractivity contribution in [3.63, 3.8) is 0 Å². The Labute approximate surface area is 236 Å². The van der Waals surface area contributed by atoms with Gasteiger partial charge in [-0.15, -0.1) is 0 Å². The highest BCUT2D eigenvalue weighted by Crippen LogP contribution is 2.46. The lowest BCUT2D eigenvalue weighted by Gasteiger charge is -2.26. The zero-order valence-corrected chi connectivity index (χ0v) is 22.1. The van der Waals surface area contributed by atoms with E-state index in [0.29, 0.717) is 5.89 Å². The summed E-state index contributed by atoms with van der Waals surface area (Å²) in [4.78, 5) is 7.13. The second kappa shape index (κ2) is 9.54. The van der Waals surface area contributed by atoms with Crippen molar-refractivity contribution in [3.8, 4) is 22.6 Å². The fourth-order valence-corrected chi connectivity index (χ4v) is 5.66.